The first kappa shape index (κ1) is 23.9. The fourth-order valence-corrected chi connectivity index (χ4v) is 3.06. The third-order valence-electron chi connectivity index (χ3n) is 4.34. The average Bonchev–Trinajstić information content (AvgIpc) is 3.16. The number of fused-ring (bicyclic) bond motifs is 1. The minimum Gasteiger partial charge on any atom is -0.550 e. The van der Waals surface area contributed by atoms with Crippen molar-refractivity contribution in [2.45, 2.75) is 37.1 Å². The van der Waals surface area contributed by atoms with Gasteiger partial charge in [0.05, 0.1) is 34.1 Å². The maximum Gasteiger partial charge on any atom is 0.167 e. The van der Waals surface area contributed by atoms with Crippen molar-refractivity contribution in [3.8, 4) is 0 Å². The molecule has 13 nitrogen and oxygen atoms in total. The molecule has 0 spiro atoms. The molecular weight excluding hydrogens is 400 g/mol. The number of hydrogen-bond acceptors (Lipinski definition) is 11. The summed E-state index contributed by atoms with van der Waals surface area (Å²) in [5, 5.41) is 47.9. The maximum atomic E-state index is 10.0. The molecule has 3 rings (SSSR count). The molecule has 13 heteroatoms. The van der Waals surface area contributed by atoms with Gasteiger partial charge < -0.3 is 45.3 Å². The Labute approximate surface area is 172 Å². The van der Waals surface area contributed by atoms with Crippen LogP contribution in [0.2, 0.25) is 0 Å². The van der Waals surface area contributed by atoms with Gasteiger partial charge in [-0.2, -0.15) is 0 Å². The number of quaternary nitrogens is 1. The van der Waals surface area contributed by atoms with Crippen molar-refractivity contribution in [3.05, 3.63) is 12.7 Å². The molecule has 2 aromatic rings. The van der Waals surface area contributed by atoms with Crippen LogP contribution in [0.3, 0.4) is 0 Å². The van der Waals surface area contributed by atoms with E-state index in [1.807, 2.05) is 21.1 Å². The van der Waals surface area contributed by atoms with E-state index in [0.717, 1.165) is 0 Å². The highest BCUT2D eigenvalue weighted by atomic mass is 16.6. The summed E-state index contributed by atoms with van der Waals surface area (Å²) in [4.78, 5) is 21.9. The number of aliphatic hydroxyl groups excluding tert-OH is 4. The van der Waals surface area contributed by atoms with Crippen molar-refractivity contribution in [2.75, 3.05) is 40.0 Å². The largest absolute Gasteiger partial charge is 0.550 e. The lowest BCUT2D eigenvalue weighted by atomic mass is 10.1. The lowest BCUT2D eigenvalue weighted by Crippen LogP contribution is -2.43. The molecule has 5 atom stereocenters. The monoisotopic (exact) mass is 428 g/mol. The van der Waals surface area contributed by atoms with E-state index in [9.17, 15) is 20.1 Å². The second-order valence-corrected chi connectivity index (χ2v) is 8.01. The molecule has 2 aromatic heterocycles. The van der Waals surface area contributed by atoms with Gasteiger partial charge in [-0.1, -0.05) is 0 Å². The lowest BCUT2D eigenvalue weighted by Gasteiger charge is -2.26. The number of aliphatic carboxylic acids is 1. The normalized spacial score (nSPS) is 25.0. The topological polar surface area (TPSA) is 200 Å². The number of hydrogen-bond donors (Lipinski definition) is 5. The second-order valence-electron chi connectivity index (χ2n) is 8.01. The third-order valence-corrected chi connectivity index (χ3v) is 4.34. The first-order valence-electron chi connectivity index (χ1n) is 9.18. The van der Waals surface area contributed by atoms with Gasteiger partial charge in [0.25, 0.3) is 0 Å². The Hall–Kier alpha value is -2.42. The number of carbonyl (C=O) groups excluding carboxylic acids is 1. The summed E-state index contributed by atoms with van der Waals surface area (Å²) in [6.07, 6.45) is -2.51. The summed E-state index contributed by atoms with van der Waals surface area (Å²) in [6, 6.07) is 0. The van der Waals surface area contributed by atoms with E-state index < -0.39 is 43.2 Å². The van der Waals surface area contributed by atoms with E-state index >= 15 is 0 Å². The Morgan fingerprint density at radius 1 is 1.30 bits per heavy atom. The van der Waals surface area contributed by atoms with E-state index in [4.69, 9.17) is 20.7 Å². The summed E-state index contributed by atoms with van der Waals surface area (Å²) >= 11 is 0. The molecule has 0 bridgehead atoms. The molecule has 1 aliphatic rings. The molecule has 168 valence electrons. The average molecular weight is 428 g/mol. The number of rotatable bonds is 6. The van der Waals surface area contributed by atoms with Crippen LogP contribution in [0, 0.1) is 0 Å². The first-order valence-corrected chi connectivity index (χ1v) is 9.18. The molecule has 0 aliphatic carbocycles. The number of aromatic nitrogens is 4. The molecule has 1 saturated heterocycles. The Kier molecular flexibility index (Phi) is 7.63. The number of anilines is 1. The van der Waals surface area contributed by atoms with Crippen LogP contribution in [0.1, 0.15) is 12.6 Å². The quantitative estimate of drug-likeness (QED) is 0.283. The number of aliphatic hydroxyl groups is 4. The van der Waals surface area contributed by atoms with E-state index in [1.165, 1.54) is 17.2 Å². The van der Waals surface area contributed by atoms with Gasteiger partial charge >= 0.3 is 0 Å². The molecule has 30 heavy (non-hydrogen) atoms. The Bertz CT molecular complexity index is 855. The van der Waals surface area contributed by atoms with Crippen LogP contribution in [0.5, 0.6) is 0 Å². The van der Waals surface area contributed by atoms with Gasteiger partial charge in [0, 0.05) is 12.4 Å². The Morgan fingerprint density at radius 3 is 2.50 bits per heavy atom. The zero-order valence-electron chi connectivity index (χ0n) is 17.0. The van der Waals surface area contributed by atoms with Gasteiger partial charge in [-0.25, -0.2) is 15.0 Å². The summed E-state index contributed by atoms with van der Waals surface area (Å²) in [5.41, 5.74) is 6.44. The molecule has 6 N–H and O–H groups in total. The number of nitrogens with two attached hydrogens (primary N) is 1. The third kappa shape index (κ3) is 5.81. The van der Waals surface area contributed by atoms with E-state index in [0.29, 0.717) is 22.2 Å². The highest BCUT2D eigenvalue weighted by molar-refractivity contribution is 5.81. The number of likely N-dealkylation sites (N-methyl/N-ethyl adjacent to an activating group) is 1. The van der Waals surface area contributed by atoms with Crippen molar-refractivity contribution in [3.63, 3.8) is 0 Å². The van der Waals surface area contributed by atoms with Crippen LogP contribution in [-0.2, 0) is 9.53 Å². The fraction of sp³-hybridized carbons (Fsp3) is 0.647. The Balaban J connectivity index is 0.000000252. The molecule has 0 amide bonds. The molecule has 3 heterocycles. The van der Waals surface area contributed by atoms with Gasteiger partial charge in [-0.05, 0) is 0 Å². The van der Waals surface area contributed by atoms with Crippen LogP contribution < -0.4 is 10.8 Å². The summed E-state index contributed by atoms with van der Waals surface area (Å²) in [5.74, 6) is -0.985. The minimum atomic E-state index is -1.20. The van der Waals surface area contributed by atoms with Gasteiger partial charge in [-0.15, -0.1) is 0 Å². The summed E-state index contributed by atoms with van der Waals surface area (Å²) in [6.45, 7) is 0.0342. The van der Waals surface area contributed by atoms with E-state index in [-0.39, 0.29) is 12.2 Å². The standard InChI is InChI=1S/C10H13N5O4.C7H15NO3/c11-8-5-9(13-2-12-8)15(3-14-5)10-7(18)6(17)4(1-16)19-10;1-8(2,3)5-6(9)4-7(10)11/h2-4,6-7,10,16-18H,1H2,(H2,11,12,13);6,9H,4-5H2,1-3H3/t4-,6-,7-,10-;/m1./s1. The molecule has 1 aliphatic heterocycles. The van der Waals surface area contributed by atoms with Crippen molar-refractivity contribution in [1.29, 1.82) is 0 Å². The molecule has 1 unspecified atom stereocenters. The van der Waals surface area contributed by atoms with Crippen molar-refractivity contribution in [1.82, 2.24) is 19.5 Å². The predicted octanol–water partition coefficient (Wildman–Crippen LogP) is -3.79. The highest BCUT2D eigenvalue weighted by Crippen LogP contribution is 2.31. The van der Waals surface area contributed by atoms with Gasteiger partial charge in [0.2, 0.25) is 0 Å². The van der Waals surface area contributed by atoms with Crippen molar-refractivity contribution in [2.24, 2.45) is 0 Å². The number of ether oxygens (including phenoxy) is 1. The zero-order chi connectivity index (χ0) is 22.6. The van der Waals surface area contributed by atoms with Crippen LogP contribution in [0.4, 0.5) is 5.82 Å². The number of nitrogen functional groups attached to an aromatic ring is 1. The number of carboxylic acid groups (broad SMARTS) is 1. The van der Waals surface area contributed by atoms with Crippen LogP contribution >= 0.6 is 0 Å². The highest BCUT2D eigenvalue weighted by Gasteiger charge is 2.43. The Morgan fingerprint density at radius 2 is 1.97 bits per heavy atom. The molecule has 1 fully saturated rings. The van der Waals surface area contributed by atoms with Crippen molar-refractivity contribution < 1.29 is 39.5 Å². The number of carboxylic acids is 1. The number of imidazole rings is 1. The van der Waals surface area contributed by atoms with Gasteiger partial charge in [0.15, 0.2) is 17.7 Å². The van der Waals surface area contributed by atoms with E-state index in [1.54, 1.807) is 0 Å². The SMILES string of the molecule is C[N+](C)(C)CC(O)CC(=O)[O-].Nc1ncnc2c1ncn2[C@@H]1O[C@H](CO)[C@@H](O)[C@H]1O. The maximum absolute atomic E-state index is 10.0. The smallest absolute Gasteiger partial charge is 0.167 e. The predicted molar refractivity (Wildman–Crippen MR) is 101 cm³/mol. The first-order chi connectivity index (χ1) is 13.9. The molecule has 0 radical (unpaired) electrons. The lowest BCUT2D eigenvalue weighted by molar-refractivity contribution is -0.873. The fourth-order valence-electron chi connectivity index (χ4n) is 3.06. The molecule has 0 saturated carbocycles. The van der Waals surface area contributed by atoms with Crippen LogP contribution in [-0.4, -0.2) is 109 Å². The van der Waals surface area contributed by atoms with Crippen LogP contribution in [0.25, 0.3) is 11.2 Å². The summed E-state index contributed by atoms with van der Waals surface area (Å²) < 4.78 is 7.40. The van der Waals surface area contributed by atoms with Gasteiger partial charge in [0.1, 0.15) is 42.8 Å². The van der Waals surface area contributed by atoms with Gasteiger partial charge in [-0.3, -0.25) is 4.57 Å². The molecular formula is C17H28N6O7. The van der Waals surface area contributed by atoms with Crippen molar-refractivity contribution >= 4 is 23.0 Å². The van der Waals surface area contributed by atoms with Crippen LogP contribution in [0.15, 0.2) is 12.7 Å². The zero-order valence-corrected chi connectivity index (χ0v) is 17.0. The molecule has 0 aromatic carbocycles. The van der Waals surface area contributed by atoms with E-state index in [2.05, 4.69) is 15.0 Å². The second kappa shape index (κ2) is 9.59. The minimum absolute atomic E-state index is 0.218. The number of carbonyl (C=O) groups is 1. The number of nitrogens with zero attached hydrogens (tertiary/aromatic N) is 5. The summed E-state index contributed by atoms with van der Waals surface area (Å²) in [7, 11) is 5.66.